The number of benzene rings is 2. The lowest BCUT2D eigenvalue weighted by atomic mass is 10.3. The van der Waals surface area contributed by atoms with Crippen molar-refractivity contribution < 1.29 is 22.7 Å². The van der Waals surface area contributed by atoms with E-state index in [1.54, 1.807) is 10.7 Å². The minimum Gasteiger partial charge on any atom is -0.495 e. The van der Waals surface area contributed by atoms with E-state index in [-0.39, 0.29) is 35.4 Å². The Morgan fingerprint density at radius 3 is 2.67 bits per heavy atom. The Morgan fingerprint density at radius 1 is 1.18 bits per heavy atom. The zero-order chi connectivity index (χ0) is 23.3. The van der Waals surface area contributed by atoms with Crippen molar-refractivity contribution in [1.29, 1.82) is 0 Å². The highest BCUT2D eigenvalue weighted by Crippen LogP contribution is 2.30. The highest BCUT2D eigenvalue weighted by atomic mass is 32.2. The number of anilines is 1. The second-order valence-corrected chi connectivity index (χ2v) is 9.78. The van der Waals surface area contributed by atoms with Gasteiger partial charge in [0.05, 0.1) is 31.8 Å². The van der Waals surface area contributed by atoms with Crippen molar-refractivity contribution >= 4 is 33.4 Å². The topological polar surface area (TPSA) is 129 Å². The van der Waals surface area contributed by atoms with Gasteiger partial charge in [0, 0.05) is 18.8 Å². The smallest absolute Gasteiger partial charge is 0.246 e. The molecule has 0 radical (unpaired) electrons. The first kappa shape index (κ1) is 23.2. The molecule has 1 aromatic heterocycles. The summed E-state index contributed by atoms with van der Waals surface area (Å²) >= 11 is 1.17. The summed E-state index contributed by atoms with van der Waals surface area (Å²) in [5.74, 6) is -0.0940. The molecule has 13 heteroatoms. The number of methoxy groups -OCH3 is 1. The number of hydrogen-bond acceptors (Lipinski definition) is 9. The molecule has 1 N–H and O–H groups in total. The second-order valence-electron chi connectivity index (χ2n) is 6.93. The van der Waals surface area contributed by atoms with Crippen molar-refractivity contribution in [2.24, 2.45) is 0 Å². The van der Waals surface area contributed by atoms with Crippen LogP contribution in [0.5, 0.6) is 5.75 Å². The van der Waals surface area contributed by atoms with Crippen LogP contribution in [0.3, 0.4) is 0 Å². The first-order valence-electron chi connectivity index (χ1n) is 10.0. The second kappa shape index (κ2) is 10.3. The van der Waals surface area contributed by atoms with Crippen LogP contribution in [0.4, 0.5) is 5.69 Å². The molecule has 0 unspecified atom stereocenters. The third kappa shape index (κ3) is 5.33. The van der Waals surface area contributed by atoms with Crippen molar-refractivity contribution in [2.45, 2.75) is 10.1 Å². The fourth-order valence-corrected chi connectivity index (χ4v) is 5.49. The quantitative estimate of drug-likeness (QED) is 0.466. The zero-order valence-corrected chi connectivity index (χ0v) is 19.4. The molecule has 0 bridgehead atoms. The van der Waals surface area contributed by atoms with Gasteiger partial charge in [-0.25, -0.2) is 8.42 Å². The number of thioether (sulfide) groups is 1. The maximum absolute atomic E-state index is 13.1. The lowest BCUT2D eigenvalue weighted by Crippen LogP contribution is -2.40. The number of aromatic nitrogens is 4. The van der Waals surface area contributed by atoms with Crippen molar-refractivity contribution in [3.8, 4) is 11.4 Å². The molecule has 1 aliphatic heterocycles. The van der Waals surface area contributed by atoms with Crippen LogP contribution >= 0.6 is 11.8 Å². The number of carbonyl (C=O) groups is 1. The summed E-state index contributed by atoms with van der Waals surface area (Å²) in [5, 5.41) is 14.8. The molecule has 0 atom stereocenters. The molecule has 0 saturated carbocycles. The van der Waals surface area contributed by atoms with E-state index in [0.717, 1.165) is 5.69 Å². The Morgan fingerprint density at radius 2 is 1.94 bits per heavy atom. The number of sulfonamides is 1. The normalized spacial score (nSPS) is 14.7. The van der Waals surface area contributed by atoms with Gasteiger partial charge >= 0.3 is 0 Å². The van der Waals surface area contributed by atoms with E-state index in [1.807, 2.05) is 30.3 Å². The van der Waals surface area contributed by atoms with Crippen molar-refractivity contribution in [3.05, 3.63) is 48.5 Å². The minimum absolute atomic E-state index is 0.00891. The third-order valence-electron chi connectivity index (χ3n) is 4.81. The number of nitrogens with one attached hydrogen (secondary N) is 1. The number of nitrogens with zero attached hydrogens (tertiary/aromatic N) is 5. The molecular weight excluding hydrogens is 468 g/mol. The van der Waals surface area contributed by atoms with Crippen LogP contribution in [0.25, 0.3) is 5.69 Å². The molecule has 33 heavy (non-hydrogen) atoms. The van der Waals surface area contributed by atoms with Crippen molar-refractivity contribution in [2.75, 3.05) is 44.5 Å². The summed E-state index contributed by atoms with van der Waals surface area (Å²) in [5.41, 5.74) is 1.12. The molecule has 0 spiro atoms. The Balaban J connectivity index is 1.46. The Hall–Kier alpha value is -3.00. The number of para-hydroxylation sites is 1. The van der Waals surface area contributed by atoms with Crippen LogP contribution in [-0.4, -0.2) is 78.0 Å². The average Bonchev–Trinajstić information content (AvgIpc) is 3.32. The Kier molecular flexibility index (Phi) is 7.23. The summed E-state index contributed by atoms with van der Waals surface area (Å²) < 4.78 is 39.6. The first-order chi connectivity index (χ1) is 16.0. The molecular formula is C20H22N6O5S2. The third-order valence-corrected chi connectivity index (χ3v) is 7.65. The minimum atomic E-state index is -3.81. The summed E-state index contributed by atoms with van der Waals surface area (Å²) in [4.78, 5) is 12.5. The van der Waals surface area contributed by atoms with Gasteiger partial charge in [0.25, 0.3) is 0 Å². The van der Waals surface area contributed by atoms with Gasteiger partial charge in [0.2, 0.25) is 21.1 Å². The van der Waals surface area contributed by atoms with Crippen LogP contribution < -0.4 is 10.1 Å². The van der Waals surface area contributed by atoms with E-state index in [0.29, 0.717) is 24.1 Å². The molecule has 11 nitrogen and oxygen atoms in total. The standard InChI is InChI=1S/C20H22N6O5S2/c1-30-17-8-7-15(13-18(17)33(28,29)25-9-11-31-12-10-25)21-19(27)14-32-20-22-23-24-26(20)16-5-3-2-4-6-16/h2-8,13H,9-12,14H2,1H3,(H,21,27). The predicted octanol–water partition coefficient (Wildman–Crippen LogP) is 1.42. The van der Waals surface area contributed by atoms with E-state index in [2.05, 4.69) is 20.8 Å². The molecule has 3 aromatic rings. The molecule has 1 amide bonds. The molecule has 1 fully saturated rings. The molecule has 174 valence electrons. The van der Waals surface area contributed by atoms with Gasteiger partial charge in [-0.1, -0.05) is 30.0 Å². The average molecular weight is 491 g/mol. The van der Waals surface area contributed by atoms with Gasteiger partial charge in [0.15, 0.2) is 0 Å². The van der Waals surface area contributed by atoms with Gasteiger partial charge in [-0.15, -0.1) is 5.10 Å². The molecule has 0 aliphatic carbocycles. The van der Waals surface area contributed by atoms with Gasteiger partial charge in [-0.2, -0.15) is 8.99 Å². The first-order valence-corrected chi connectivity index (χ1v) is 12.4. The number of carbonyl (C=O) groups excluding carboxylic acids is 1. The highest BCUT2D eigenvalue weighted by Gasteiger charge is 2.29. The highest BCUT2D eigenvalue weighted by molar-refractivity contribution is 7.99. The Bertz CT molecular complexity index is 1210. The van der Waals surface area contributed by atoms with E-state index < -0.39 is 10.0 Å². The SMILES string of the molecule is COc1ccc(NC(=O)CSc2nnnn2-c2ccccc2)cc1S(=O)(=O)N1CCOCC1. The fourth-order valence-electron chi connectivity index (χ4n) is 3.21. The number of tetrazole rings is 1. The maximum Gasteiger partial charge on any atom is 0.246 e. The number of morpholine rings is 1. The van der Waals surface area contributed by atoms with Crippen LogP contribution in [0.15, 0.2) is 58.6 Å². The van der Waals surface area contributed by atoms with Crippen LogP contribution in [0.2, 0.25) is 0 Å². The monoisotopic (exact) mass is 490 g/mol. The maximum atomic E-state index is 13.1. The predicted molar refractivity (Wildman–Crippen MR) is 121 cm³/mol. The van der Waals surface area contributed by atoms with Crippen LogP contribution in [0.1, 0.15) is 0 Å². The number of rotatable bonds is 8. The Labute approximate surface area is 195 Å². The number of hydrogen-bond donors (Lipinski definition) is 1. The van der Waals surface area contributed by atoms with Gasteiger partial charge in [-0.05, 0) is 40.8 Å². The molecule has 1 saturated heterocycles. The number of ether oxygens (including phenoxy) is 2. The van der Waals surface area contributed by atoms with Crippen molar-refractivity contribution in [3.63, 3.8) is 0 Å². The van der Waals surface area contributed by atoms with E-state index in [4.69, 9.17) is 9.47 Å². The van der Waals surface area contributed by atoms with E-state index in [9.17, 15) is 13.2 Å². The van der Waals surface area contributed by atoms with Gasteiger partial charge in [-0.3, -0.25) is 4.79 Å². The van der Waals surface area contributed by atoms with Crippen LogP contribution in [-0.2, 0) is 19.6 Å². The summed E-state index contributed by atoms with van der Waals surface area (Å²) in [6.07, 6.45) is 0. The molecule has 1 aliphatic rings. The van der Waals surface area contributed by atoms with Gasteiger partial charge in [0.1, 0.15) is 10.6 Å². The van der Waals surface area contributed by atoms with Crippen LogP contribution in [0, 0.1) is 0 Å². The largest absolute Gasteiger partial charge is 0.495 e. The number of amides is 1. The summed E-state index contributed by atoms with van der Waals surface area (Å²) in [6, 6.07) is 13.8. The lowest BCUT2D eigenvalue weighted by molar-refractivity contribution is -0.113. The van der Waals surface area contributed by atoms with E-state index >= 15 is 0 Å². The van der Waals surface area contributed by atoms with Crippen molar-refractivity contribution in [1.82, 2.24) is 24.5 Å². The van der Waals surface area contributed by atoms with E-state index in [1.165, 1.54) is 35.3 Å². The summed E-state index contributed by atoms with van der Waals surface area (Å²) in [6.45, 7) is 1.18. The van der Waals surface area contributed by atoms with Gasteiger partial charge < -0.3 is 14.8 Å². The summed E-state index contributed by atoms with van der Waals surface area (Å²) in [7, 11) is -2.40. The fraction of sp³-hybridized carbons (Fsp3) is 0.300. The molecule has 2 aromatic carbocycles. The molecule has 2 heterocycles. The lowest BCUT2D eigenvalue weighted by Gasteiger charge is -2.26. The zero-order valence-electron chi connectivity index (χ0n) is 17.7. The molecule has 4 rings (SSSR count).